The van der Waals surface area contributed by atoms with Crippen molar-refractivity contribution in [1.82, 2.24) is 0 Å². The molecule has 1 heterocycles. The van der Waals surface area contributed by atoms with E-state index in [9.17, 15) is 4.79 Å². The first-order valence-corrected chi connectivity index (χ1v) is 9.66. The Labute approximate surface area is 175 Å². The average molecular weight is 418 g/mol. The maximum atomic E-state index is 12.9. The van der Waals surface area contributed by atoms with Gasteiger partial charge in [-0.15, -0.1) is 0 Å². The number of methoxy groups -OCH3 is 1. The second kappa shape index (κ2) is 9.09. The van der Waals surface area contributed by atoms with Crippen LogP contribution in [0.1, 0.15) is 22.8 Å². The lowest BCUT2D eigenvalue weighted by Crippen LogP contribution is -2.16. The van der Waals surface area contributed by atoms with Gasteiger partial charge in [0.1, 0.15) is 19.0 Å². The van der Waals surface area contributed by atoms with Crippen LogP contribution in [0.3, 0.4) is 0 Å². The molecule has 0 saturated heterocycles. The first-order chi connectivity index (χ1) is 13.9. The highest BCUT2D eigenvalue weighted by molar-refractivity contribution is 6.47. The zero-order chi connectivity index (χ0) is 21.0. The molecule has 3 rings (SSSR count). The van der Waals surface area contributed by atoms with E-state index in [-0.39, 0.29) is 10.8 Å². The standard InChI is InChI=1S/C22H24ClNO5/c1-5-27-18-7-6-15(13-17(18)24(2)3)21(25)16(23)10-14-11-19(26-4)22-20(12-14)28-8-9-29-22/h6-7,10-13H,5,8-9H2,1-4H3/b16-10+. The number of fused-ring (bicyclic) bond motifs is 1. The highest BCUT2D eigenvalue weighted by Crippen LogP contribution is 2.41. The summed E-state index contributed by atoms with van der Waals surface area (Å²) in [4.78, 5) is 14.8. The first-order valence-electron chi connectivity index (χ1n) is 9.28. The SMILES string of the molecule is CCOc1ccc(C(=O)/C(Cl)=C\c2cc(OC)c3c(c2)OCCO3)cc1N(C)C. The number of ketones is 1. The van der Waals surface area contributed by atoms with Gasteiger partial charge in [-0.1, -0.05) is 11.6 Å². The molecule has 0 amide bonds. The summed E-state index contributed by atoms with van der Waals surface area (Å²) in [5.74, 6) is 2.08. The Morgan fingerprint density at radius 1 is 1.17 bits per heavy atom. The third-order valence-corrected chi connectivity index (χ3v) is 4.64. The van der Waals surface area contributed by atoms with Crippen LogP contribution in [-0.2, 0) is 0 Å². The van der Waals surface area contributed by atoms with Gasteiger partial charge in [0.15, 0.2) is 11.5 Å². The van der Waals surface area contributed by atoms with Crippen molar-refractivity contribution in [3.05, 3.63) is 46.5 Å². The number of nitrogens with zero attached hydrogens (tertiary/aromatic N) is 1. The van der Waals surface area contributed by atoms with Crippen LogP contribution < -0.4 is 23.8 Å². The van der Waals surface area contributed by atoms with Crippen molar-refractivity contribution >= 4 is 29.1 Å². The fourth-order valence-corrected chi connectivity index (χ4v) is 3.25. The quantitative estimate of drug-likeness (QED) is 0.491. The van der Waals surface area contributed by atoms with E-state index in [1.165, 1.54) is 0 Å². The molecule has 6 nitrogen and oxygen atoms in total. The molecule has 0 aromatic heterocycles. The Morgan fingerprint density at radius 2 is 1.93 bits per heavy atom. The Morgan fingerprint density at radius 3 is 2.62 bits per heavy atom. The van der Waals surface area contributed by atoms with Crippen LogP contribution in [0.4, 0.5) is 5.69 Å². The summed E-state index contributed by atoms with van der Waals surface area (Å²) >= 11 is 6.37. The van der Waals surface area contributed by atoms with Crippen molar-refractivity contribution in [3.63, 3.8) is 0 Å². The second-order valence-corrected chi connectivity index (χ2v) is 6.99. The summed E-state index contributed by atoms with van der Waals surface area (Å²) in [6.45, 7) is 3.37. The minimum Gasteiger partial charge on any atom is -0.493 e. The van der Waals surface area contributed by atoms with Crippen LogP contribution in [-0.4, -0.2) is 46.8 Å². The van der Waals surface area contributed by atoms with E-state index in [0.29, 0.717) is 53.9 Å². The molecular formula is C22H24ClNO5. The van der Waals surface area contributed by atoms with Crippen LogP contribution in [0.2, 0.25) is 0 Å². The van der Waals surface area contributed by atoms with E-state index in [1.807, 2.05) is 25.9 Å². The molecule has 7 heteroatoms. The number of benzene rings is 2. The summed E-state index contributed by atoms with van der Waals surface area (Å²) in [6, 6.07) is 8.79. The van der Waals surface area contributed by atoms with Crippen molar-refractivity contribution in [3.8, 4) is 23.0 Å². The number of Topliss-reactive ketones (excluding diaryl/α,β-unsaturated/α-hetero) is 1. The molecule has 0 radical (unpaired) electrons. The molecule has 2 aromatic carbocycles. The molecule has 0 saturated carbocycles. The maximum Gasteiger partial charge on any atom is 0.204 e. The number of carbonyl (C=O) groups excluding carboxylic acids is 1. The number of rotatable bonds is 7. The molecule has 0 N–H and O–H groups in total. The molecule has 154 valence electrons. The topological polar surface area (TPSA) is 57.2 Å². The smallest absolute Gasteiger partial charge is 0.204 e. The number of carbonyl (C=O) groups is 1. The first kappa shape index (κ1) is 20.9. The summed E-state index contributed by atoms with van der Waals surface area (Å²) in [6.07, 6.45) is 1.59. The van der Waals surface area contributed by atoms with Crippen molar-refractivity contribution in [2.75, 3.05) is 45.9 Å². The van der Waals surface area contributed by atoms with Crippen molar-refractivity contribution in [1.29, 1.82) is 0 Å². The van der Waals surface area contributed by atoms with E-state index in [0.717, 1.165) is 5.69 Å². The zero-order valence-electron chi connectivity index (χ0n) is 17.0. The van der Waals surface area contributed by atoms with Gasteiger partial charge >= 0.3 is 0 Å². The van der Waals surface area contributed by atoms with E-state index in [4.69, 9.17) is 30.5 Å². The van der Waals surface area contributed by atoms with Gasteiger partial charge in [-0.25, -0.2) is 0 Å². The summed E-state index contributed by atoms with van der Waals surface area (Å²) in [7, 11) is 5.34. The Bertz CT molecular complexity index is 922. The minimum atomic E-state index is -0.285. The summed E-state index contributed by atoms with van der Waals surface area (Å²) in [5, 5.41) is 0.0811. The third kappa shape index (κ3) is 4.59. The van der Waals surface area contributed by atoms with Crippen LogP contribution in [0, 0.1) is 0 Å². The van der Waals surface area contributed by atoms with Gasteiger partial charge in [0.25, 0.3) is 0 Å². The highest BCUT2D eigenvalue weighted by atomic mass is 35.5. The third-order valence-electron chi connectivity index (χ3n) is 4.36. The fourth-order valence-electron chi connectivity index (χ4n) is 3.01. The molecule has 1 aliphatic heterocycles. The van der Waals surface area contributed by atoms with Gasteiger partial charge in [0, 0.05) is 19.7 Å². The van der Waals surface area contributed by atoms with Crippen LogP contribution in [0.5, 0.6) is 23.0 Å². The maximum absolute atomic E-state index is 12.9. The van der Waals surface area contributed by atoms with Crippen molar-refractivity contribution < 1.29 is 23.7 Å². The lowest BCUT2D eigenvalue weighted by molar-refractivity contribution is 0.104. The normalized spacial score (nSPS) is 13.1. The van der Waals surface area contributed by atoms with Gasteiger partial charge in [0.2, 0.25) is 11.5 Å². The Kier molecular flexibility index (Phi) is 6.54. The molecule has 2 aromatic rings. The molecule has 0 atom stereocenters. The van der Waals surface area contributed by atoms with Crippen molar-refractivity contribution in [2.24, 2.45) is 0 Å². The number of ether oxygens (including phenoxy) is 4. The summed E-state index contributed by atoms with van der Waals surface area (Å²) < 4.78 is 22.2. The molecule has 0 bridgehead atoms. The van der Waals surface area contributed by atoms with Crippen molar-refractivity contribution in [2.45, 2.75) is 6.92 Å². The molecular weight excluding hydrogens is 394 g/mol. The second-order valence-electron chi connectivity index (χ2n) is 6.58. The predicted octanol–water partition coefficient (Wildman–Crippen LogP) is 4.39. The van der Waals surface area contributed by atoms with Crippen LogP contribution in [0.25, 0.3) is 6.08 Å². The van der Waals surface area contributed by atoms with E-state index in [1.54, 1.807) is 43.5 Å². The monoisotopic (exact) mass is 417 g/mol. The number of hydrogen-bond donors (Lipinski definition) is 0. The Balaban J connectivity index is 1.92. The lowest BCUT2D eigenvalue weighted by Gasteiger charge is -2.21. The van der Waals surface area contributed by atoms with E-state index < -0.39 is 0 Å². The van der Waals surface area contributed by atoms with E-state index >= 15 is 0 Å². The van der Waals surface area contributed by atoms with Gasteiger partial charge in [-0.05, 0) is 48.9 Å². The Hall–Kier alpha value is -2.86. The van der Waals surface area contributed by atoms with Gasteiger partial charge < -0.3 is 23.8 Å². The number of allylic oxidation sites excluding steroid dienone is 1. The van der Waals surface area contributed by atoms with Gasteiger partial charge in [-0.2, -0.15) is 0 Å². The van der Waals surface area contributed by atoms with Crippen LogP contribution >= 0.6 is 11.6 Å². The summed E-state index contributed by atoms with van der Waals surface area (Å²) in [5.41, 5.74) is 1.97. The molecule has 29 heavy (non-hydrogen) atoms. The lowest BCUT2D eigenvalue weighted by atomic mass is 10.1. The minimum absolute atomic E-state index is 0.0811. The number of halogens is 1. The number of anilines is 1. The van der Waals surface area contributed by atoms with E-state index in [2.05, 4.69) is 0 Å². The van der Waals surface area contributed by atoms with Crippen LogP contribution in [0.15, 0.2) is 35.4 Å². The number of hydrogen-bond acceptors (Lipinski definition) is 6. The zero-order valence-corrected chi connectivity index (χ0v) is 17.7. The molecule has 1 aliphatic rings. The largest absolute Gasteiger partial charge is 0.493 e. The highest BCUT2D eigenvalue weighted by Gasteiger charge is 2.19. The van der Waals surface area contributed by atoms with Gasteiger partial charge in [0.05, 0.1) is 24.4 Å². The van der Waals surface area contributed by atoms with Gasteiger partial charge in [-0.3, -0.25) is 4.79 Å². The predicted molar refractivity (Wildman–Crippen MR) is 114 cm³/mol. The average Bonchev–Trinajstić information content (AvgIpc) is 2.72. The fraction of sp³-hybridized carbons (Fsp3) is 0.318. The molecule has 0 unspecified atom stereocenters. The molecule has 0 aliphatic carbocycles. The molecule has 0 spiro atoms. The molecule has 0 fully saturated rings.